The fraction of sp³-hybridized carbons (Fsp3) is 0.130. The number of carbonyl (C=O) groups is 2. The maximum atomic E-state index is 13.9. The first-order valence-electron chi connectivity index (χ1n) is 9.43. The number of anilines is 3. The van der Waals surface area contributed by atoms with E-state index in [4.69, 9.17) is 16.3 Å². The predicted molar refractivity (Wildman–Crippen MR) is 120 cm³/mol. The molecule has 0 saturated carbocycles. The van der Waals surface area contributed by atoms with Gasteiger partial charge in [-0.05, 0) is 42.5 Å². The van der Waals surface area contributed by atoms with Crippen molar-refractivity contribution < 1.29 is 18.7 Å². The third-order valence-electron chi connectivity index (χ3n) is 4.35. The minimum atomic E-state index is -0.597. The molecule has 2 N–H and O–H groups in total. The highest BCUT2D eigenvalue weighted by molar-refractivity contribution is 6.30. The summed E-state index contributed by atoms with van der Waals surface area (Å²) in [5, 5.41) is 5.59. The van der Waals surface area contributed by atoms with E-state index in [9.17, 15) is 14.0 Å². The number of hydrogen-bond acceptors (Lipinski definition) is 4. The summed E-state index contributed by atoms with van der Waals surface area (Å²) in [5.74, 6) is -0.793. The van der Waals surface area contributed by atoms with Gasteiger partial charge in [0, 0.05) is 22.5 Å². The van der Waals surface area contributed by atoms with Crippen LogP contribution in [0.1, 0.15) is 0 Å². The van der Waals surface area contributed by atoms with Gasteiger partial charge >= 0.3 is 0 Å². The number of nitrogens with zero attached hydrogens (tertiary/aromatic N) is 1. The van der Waals surface area contributed by atoms with Gasteiger partial charge in [-0.3, -0.25) is 9.59 Å². The summed E-state index contributed by atoms with van der Waals surface area (Å²) in [7, 11) is 1.54. The minimum Gasteiger partial charge on any atom is -0.497 e. The molecule has 0 radical (unpaired) electrons. The summed E-state index contributed by atoms with van der Waals surface area (Å²) in [6.45, 7) is -0.256. The Labute approximate surface area is 184 Å². The number of halogens is 2. The summed E-state index contributed by atoms with van der Waals surface area (Å²) < 4.78 is 19.1. The monoisotopic (exact) mass is 441 g/mol. The van der Waals surface area contributed by atoms with Crippen LogP contribution in [0.4, 0.5) is 21.5 Å². The molecule has 0 aromatic heterocycles. The van der Waals surface area contributed by atoms with Crippen LogP contribution in [0.25, 0.3) is 0 Å². The summed E-state index contributed by atoms with van der Waals surface area (Å²) in [6.07, 6.45) is 0. The minimum absolute atomic E-state index is 0.0219. The van der Waals surface area contributed by atoms with E-state index >= 15 is 0 Å². The molecule has 160 valence electrons. The van der Waals surface area contributed by atoms with Crippen LogP contribution in [0, 0.1) is 5.82 Å². The summed E-state index contributed by atoms with van der Waals surface area (Å²) in [4.78, 5) is 26.8. The van der Waals surface area contributed by atoms with Crippen molar-refractivity contribution in [3.8, 4) is 5.75 Å². The van der Waals surface area contributed by atoms with Crippen LogP contribution in [0.2, 0.25) is 5.02 Å². The fourth-order valence-corrected chi connectivity index (χ4v) is 3.08. The Kier molecular flexibility index (Phi) is 7.45. The van der Waals surface area contributed by atoms with Gasteiger partial charge in [-0.15, -0.1) is 0 Å². The first kappa shape index (κ1) is 22.1. The van der Waals surface area contributed by atoms with Crippen molar-refractivity contribution in [3.05, 3.63) is 83.6 Å². The maximum Gasteiger partial charge on any atom is 0.243 e. The molecule has 0 unspecified atom stereocenters. The number of para-hydroxylation sites is 1. The average Bonchev–Trinajstić information content (AvgIpc) is 2.76. The van der Waals surface area contributed by atoms with Crippen molar-refractivity contribution in [2.75, 3.05) is 35.7 Å². The molecule has 0 spiro atoms. The molecule has 8 heteroatoms. The number of hydrogen-bond donors (Lipinski definition) is 2. The lowest BCUT2D eigenvalue weighted by atomic mass is 10.2. The predicted octanol–water partition coefficient (Wildman–Crippen LogP) is 4.57. The first-order valence-corrected chi connectivity index (χ1v) is 9.81. The quantitative estimate of drug-likeness (QED) is 0.537. The van der Waals surface area contributed by atoms with E-state index in [1.54, 1.807) is 60.5 Å². The Hall–Kier alpha value is -3.58. The van der Waals surface area contributed by atoms with Gasteiger partial charge in [0.2, 0.25) is 11.8 Å². The molecule has 0 bridgehead atoms. The highest BCUT2D eigenvalue weighted by Gasteiger charge is 2.17. The molecule has 0 aliphatic heterocycles. The lowest BCUT2D eigenvalue weighted by molar-refractivity contribution is -0.115. The maximum absolute atomic E-state index is 13.9. The molecule has 3 aromatic rings. The summed E-state index contributed by atoms with van der Waals surface area (Å²) in [6, 6.07) is 19.9. The molecular formula is C23H21ClFN3O3. The van der Waals surface area contributed by atoms with Crippen molar-refractivity contribution >= 4 is 40.5 Å². The van der Waals surface area contributed by atoms with Gasteiger partial charge in [-0.1, -0.05) is 35.9 Å². The summed E-state index contributed by atoms with van der Waals surface area (Å²) >= 11 is 5.88. The van der Waals surface area contributed by atoms with E-state index in [0.29, 0.717) is 22.1 Å². The zero-order valence-corrected chi connectivity index (χ0v) is 17.5. The van der Waals surface area contributed by atoms with Crippen molar-refractivity contribution in [2.24, 2.45) is 0 Å². The fourth-order valence-electron chi connectivity index (χ4n) is 2.91. The highest BCUT2D eigenvalue weighted by Crippen LogP contribution is 2.20. The van der Waals surface area contributed by atoms with E-state index in [2.05, 4.69) is 10.6 Å². The van der Waals surface area contributed by atoms with Crippen LogP contribution < -0.4 is 20.3 Å². The number of methoxy groups -OCH3 is 1. The number of carbonyl (C=O) groups excluding carboxylic acids is 2. The molecule has 2 amide bonds. The van der Waals surface area contributed by atoms with Crippen molar-refractivity contribution in [1.29, 1.82) is 0 Å². The van der Waals surface area contributed by atoms with Gasteiger partial charge in [0.05, 0.1) is 25.9 Å². The van der Waals surface area contributed by atoms with Gasteiger partial charge in [0.25, 0.3) is 0 Å². The lowest BCUT2D eigenvalue weighted by Crippen LogP contribution is -2.39. The largest absolute Gasteiger partial charge is 0.497 e. The molecule has 31 heavy (non-hydrogen) atoms. The third-order valence-corrected chi connectivity index (χ3v) is 4.58. The Balaban J connectivity index is 1.71. The van der Waals surface area contributed by atoms with E-state index in [1.807, 2.05) is 6.07 Å². The number of benzene rings is 3. The number of nitrogens with one attached hydrogen (secondary N) is 2. The van der Waals surface area contributed by atoms with Crippen molar-refractivity contribution in [1.82, 2.24) is 0 Å². The molecule has 3 aromatic carbocycles. The molecule has 0 saturated heterocycles. The normalized spacial score (nSPS) is 10.3. The second-order valence-corrected chi connectivity index (χ2v) is 7.08. The Bertz CT molecular complexity index is 1060. The van der Waals surface area contributed by atoms with Crippen molar-refractivity contribution in [3.63, 3.8) is 0 Å². The van der Waals surface area contributed by atoms with Crippen LogP contribution >= 0.6 is 11.6 Å². The van der Waals surface area contributed by atoms with Crippen LogP contribution in [-0.2, 0) is 9.59 Å². The first-order chi connectivity index (χ1) is 14.9. The zero-order valence-electron chi connectivity index (χ0n) is 16.8. The SMILES string of the molecule is COc1cccc(NC(=O)CN(CC(=O)Nc2cc(Cl)ccc2F)c2ccccc2)c1. The van der Waals surface area contributed by atoms with Crippen LogP contribution in [0.3, 0.4) is 0 Å². The number of amides is 2. The van der Waals surface area contributed by atoms with Gasteiger partial charge in [-0.25, -0.2) is 4.39 Å². The molecule has 0 atom stereocenters. The molecular weight excluding hydrogens is 421 g/mol. The van der Waals surface area contributed by atoms with Crippen LogP contribution in [-0.4, -0.2) is 32.0 Å². The van der Waals surface area contributed by atoms with E-state index < -0.39 is 11.7 Å². The average molecular weight is 442 g/mol. The molecule has 0 heterocycles. The van der Waals surface area contributed by atoms with Crippen LogP contribution in [0.15, 0.2) is 72.8 Å². The molecule has 0 aliphatic rings. The second-order valence-electron chi connectivity index (χ2n) is 6.64. The van der Waals surface area contributed by atoms with E-state index in [0.717, 1.165) is 0 Å². The highest BCUT2D eigenvalue weighted by atomic mass is 35.5. The topological polar surface area (TPSA) is 70.7 Å². The number of rotatable bonds is 8. The van der Waals surface area contributed by atoms with Crippen molar-refractivity contribution in [2.45, 2.75) is 0 Å². The summed E-state index contributed by atoms with van der Waals surface area (Å²) in [5.41, 5.74) is 1.22. The Morgan fingerprint density at radius 1 is 0.935 bits per heavy atom. The molecule has 6 nitrogen and oxygen atoms in total. The third kappa shape index (κ3) is 6.45. The smallest absolute Gasteiger partial charge is 0.243 e. The van der Waals surface area contributed by atoms with Gasteiger partial charge in [0.15, 0.2) is 0 Å². The van der Waals surface area contributed by atoms with E-state index in [1.165, 1.54) is 18.2 Å². The van der Waals surface area contributed by atoms with E-state index in [-0.39, 0.29) is 24.7 Å². The molecule has 0 aliphatic carbocycles. The Morgan fingerprint density at radius 2 is 1.65 bits per heavy atom. The van der Waals surface area contributed by atoms with Gasteiger partial charge in [0.1, 0.15) is 11.6 Å². The molecule has 0 fully saturated rings. The van der Waals surface area contributed by atoms with Crippen LogP contribution in [0.5, 0.6) is 5.75 Å². The standard InChI is InChI=1S/C23H21ClFN3O3/c1-31-19-9-5-6-17(13-19)26-22(29)14-28(18-7-3-2-4-8-18)15-23(30)27-21-12-16(24)10-11-20(21)25/h2-13H,14-15H2,1H3,(H,26,29)(H,27,30). The Morgan fingerprint density at radius 3 is 2.35 bits per heavy atom. The molecule has 3 rings (SSSR count). The zero-order chi connectivity index (χ0) is 22.2. The lowest BCUT2D eigenvalue weighted by Gasteiger charge is -2.24. The number of ether oxygens (including phenoxy) is 1. The van der Waals surface area contributed by atoms with Gasteiger partial charge in [-0.2, -0.15) is 0 Å². The van der Waals surface area contributed by atoms with Gasteiger partial charge < -0.3 is 20.3 Å². The second kappa shape index (κ2) is 10.4.